The Hall–Kier alpha value is -1.62. The molecule has 3 rings (SSSR count). The fourth-order valence-electron chi connectivity index (χ4n) is 2.34. The Morgan fingerprint density at radius 3 is 2.76 bits per heavy atom. The number of fused-ring (bicyclic) bond motifs is 1. The standard InChI is InChI=1S/C16H15ClN2OS/c1-19(9-13-6-7-15(17)21-13)16-12(10-20)8-11-4-2-3-5-14(11)18-16/h2-8,20H,9-10H2,1H3. The Balaban J connectivity index is 1.97. The summed E-state index contributed by atoms with van der Waals surface area (Å²) >= 11 is 7.53. The van der Waals surface area contributed by atoms with Crippen LogP contribution in [0.4, 0.5) is 5.82 Å². The minimum absolute atomic E-state index is 0.0251. The zero-order chi connectivity index (χ0) is 14.8. The lowest BCUT2D eigenvalue weighted by Gasteiger charge is -2.20. The Morgan fingerprint density at radius 2 is 2.05 bits per heavy atom. The van der Waals surface area contributed by atoms with Crippen LogP contribution in [0.1, 0.15) is 10.4 Å². The van der Waals surface area contributed by atoms with Crippen molar-refractivity contribution in [2.24, 2.45) is 0 Å². The van der Waals surface area contributed by atoms with Crippen LogP contribution >= 0.6 is 22.9 Å². The summed E-state index contributed by atoms with van der Waals surface area (Å²) in [5, 5.41) is 10.7. The van der Waals surface area contributed by atoms with E-state index in [0.717, 1.165) is 33.2 Å². The zero-order valence-electron chi connectivity index (χ0n) is 11.6. The molecule has 3 nitrogen and oxygen atoms in total. The molecule has 0 fully saturated rings. The molecule has 0 aliphatic heterocycles. The van der Waals surface area contributed by atoms with E-state index < -0.39 is 0 Å². The largest absolute Gasteiger partial charge is 0.392 e. The highest BCUT2D eigenvalue weighted by Crippen LogP contribution is 2.27. The first-order valence-corrected chi connectivity index (χ1v) is 7.81. The number of aliphatic hydroxyl groups is 1. The van der Waals surface area contributed by atoms with Gasteiger partial charge in [-0.25, -0.2) is 4.98 Å². The second kappa shape index (κ2) is 6.02. The number of rotatable bonds is 4. The summed E-state index contributed by atoms with van der Waals surface area (Å²) in [6.07, 6.45) is 0. The second-order valence-corrected chi connectivity index (χ2v) is 6.68. The van der Waals surface area contributed by atoms with Crippen LogP contribution in [-0.2, 0) is 13.2 Å². The second-order valence-electron chi connectivity index (χ2n) is 4.88. The van der Waals surface area contributed by atoms with Crippen LogP contribution in [0.5, 0.6) is 0 Å². The Morgan fingerprint density at radius 1 is 1.24 bits per heavy atom. The van der Waals surface area contributed by atoms with Gasteiger partial charge in [-0.1, -0.05) is 29.8 Å². The van der Waals surface area contributed by atoms with Crippen molar-refractivity contribution in [2.45, 2.75) is 13.2 Å². The molecule has 0 spiro atoms. The van der Waals surface area contributed by atoms with Gasteiger partial charge in [0.05, 0.1) is 23.0 Å². The highest BCUT2D eigenvalue weighted by Gasteiger charge is 2.12. The fourth-order valence-corrected chi connectivity index (χ4v) is 3.48. The van der Waals surface area contributed by atoms with Gasteiger partial charge in [-0.15, -0.1) is 11.3 Å². The number of hydrogen-bond acceptors (Lipinski definition) is 4. The smallest absolute Gasteiger partial charge is 0.134 e. The SMILES string of the molecule is CN(Cc1ccc(Cl)s1)c1nc2ccccc2cc1CO. The van der Waals surface area contributed by atoms with E-state index >= 15 is 0 Å². The van der Waals surface area contributed by atoms with Gasteiger partial charge in [0.25, 0.3) is 0 Å². The summed E-state index contributed by atoms with van der Waals surface area (Å²) in [7, 11) is 1.98. The summed E-state index contributed by atoms with van der Waals surface area (Å²) < 4.78 is 0.784. The molecule has 108 valence electrons. The van der Waals surface area contributed by atoms with Crippen LogP contribution in [-0.4, -0.2) is 17.1 Å². The van der Waals surface area contributed by atoms with Crippen molar-refractivity contribution in [3.63, 3.8) is 0 Å². The van der Waals surface area contributed by atoms with Crippen LogP contribution in [0.25, 0.3) is 10.9 Å². The van der Waals surface area contributed by atoms with Crippen molar-refractivity contribution in [3.8, 4) is 0 Å². The quantitative estimate of drug-likeness (QED) is 0.787. The molecule has 0 saturated heterocycles. The van der Waals surface area contributed by atoms with Crippen LogP contribution in [0, 0.1) is 0 Å². The highest BCUT2D eigenvalue weighted by molar-refractivity contribution is 7.16. The third-order valence-electron chi connectivity index (χ3n) is 3.33. The topological polar surface area (TPSA) is 36.4 Å². The number of aliphatic hydroxyl groups excluding tert-OH is 1. The number of thiophene rings is 1. The van der Waals surface area contributed by atoms with Crippen molar-refractivity contribution >= 4 is 39.7 Å². The van der Waals surface area contributed by atoms with Crippen molar-refractivity contribution in [1.82, 2.24) is 4.98 Å². The number of hydrogen-bond donors (Lipinski definition) is 1. The maximum Gasteiger partial charge on any atom is 0.134 e. The fraction of sp³-hybridized carbons (Fsp3) is 0.188. The van der Waals surface area contributed by atoms with Crippen LogP contribution in [0.15, 0.2) is 42.5 Å². The summed E-state index contributed by atoms with van der Waals surface area (Å²) in [5.74, 6) is 0.806. The van der Waals surface area contributed by atoms with Gasteiger partial charge in [-0.3, -0.25) is 0 Å². The molecule has 0 unspecified atom stereocenters. The predicted molar refractivity (Wildman–Crippen MR) is 89.1 cm³/mol. The summed E-state index contributed by atoms with van der Waals surface area (Å²) in [5.41, 5.74) is 1.76. The van der Waals surface area contributed by atoms with E-state index in [1.165, 1.54) is 4.88 Å². The number of nitrogens with zero attached hydrogens (tertiary/aromatic N) is 2. The number of para-hydroxylation sites is 1. The van der Waals surface area contributed by atoms with Gasteiger partial charge in [0.15, 0.2) is 0 Å². The van der Waals surface area contributed by atoms with Gasteiger partial charge in [-0.05, 0) is 24.3 Å². The number of pyridine rings is 1. The minimum Gasteiger partial charge on any atom is -0.392 e. The third kappa shape index (κ3) is 3.02. The van der Waals surface area contributed by atoms with E-state index in [2.05, 4.69) is 4.98 Å². The molecule has 21 heavy (non-hydrogen) atoms. The van der Waals surface area contributed by atoms with Crippen LogP contribution < -0.4 is 4.90 Å². The maximum absolute atomic E-state index is 9.61. The molecule has 2 aromatic heterocycles. The van der Waals surface area contributed by atoms with E-state index in [1.807, 2.05) is 54.4 Å². The molecule has 0 atom stereocenters. The normalized spacial score (nSPS) is 11.0. The molecule has 2 heterocycles. The molecule has 5 heteroatoms. The molecular weight excluding hydrogens is 304 g/mol. The van der Waals surface area contributed by atoms with Crippen molar-refractivity contribution in [2.75, 3.05) is 11.9 Å². The Bertz CT molecular complexity index is 772. The van der Waals surface area contributed by atoms with Gasteiger partial charge < -0.3 is 10.0 Å². The molecule has 3 aromatic rings. The molecule has 0 radical (unpaired) electrons. The molecule has 0 amide bonds. The number of aromatic nitrogens is 1. The van der Waals surface area contributed by atoms with E-state index in [0.29, 0.717) is 0 Å². The minimum atomic E-state index is -0.0251. The van der Waals surface area contributed by atoms with Gasteiger partial charge in [0.2, 0.25) is 0 Å². The Kier molecular flexibility index (Phi) is 4.10. The van der Waals surface area contributed by atoms with E-state index in [1.54, 1.807) is 11.3 Å². The molecule has 0 bridgehead atoms. The number of halogens is 1. The summed E-state index contributed by atoms with van der Waals surface area (Å²) in [6.45, 7) is 0.693. The summed E-state index contributed by atoms with van der Waals surface area (Å²) in [4.78, 5) is 7.90. The average Bonchev–Trinajstić information content (AvgIpc) is 2.90. The van der Waals surface area contributed by atoms with Gasteiger partial charge >= 0.3 is 0 Å². The number of anilines is 1. The first-order chi connectivity index (χ1) is 10.2. The molecule has 0 aliphatic rings. The molecule has 0 saturated carbocycles. The monoisotopic (exact) mass is 318 g/mol. The van der Waals surface area contributed by atoms with E-state index in [4.69, 9.17) is 11.6 Å². The van der Waals surface area contributed by atoms with Gasteiger partial charge in [0, 0.05) is 22.9 Å². The zero-order valence-corrected chi connectivity index (χ0v) is 13.2. The van der Waals surface area contributed by atoms with Crippen molar-refractivity contribution < 1.29 is 5.11 Å². The summed E-state index contributed by atoms with van der Waals surface area (Å²) in [6, 6.07) is 13.8. The first kappa shape index (κ1) is 14.3. The number of benzene rings is 1. The van der Waals surface area contributed by atoms with Gasteiger partial charge in [-0.2, -0.15) is 0 Å². The molecule has 1 aromatic carbocycles. The van der Waals surface area contributed by atoms with Gasteiger partial charge in [0.1, 0.15) is 5.82 Å². The van der Waals surface area contributed by atoms with E-state index in [9.17, 15) is 5.11 Å². The van der Waals surface area contributed by atoms with Crippen molar-refractivity contribution in [1.29, 1.82) is 0 Å². The highest BCUT2D eigenvalue weighted by atomic mass is 35.5. The van der Waals surface area contributed by atoms with Crippen LogP contribution in [0.3, 0.4) is 0 Å². The lowest BCUT2D eigenvalue weighted by atomic mass is 10.1. The third-order valence-corrected chi connectivity index (χ3v) is 4.55. The molecular formula is C16H15ClN2OS. The first-order valence-electron chi connectivity index (χ1n) is 6.62. The lowest BCUT2D eigenvalue weighted by molar-refractivity contribution is 0.282. The van der Waals surface area contributed by atoms with Crippen LogP contribution in [0.2, 0.25) is 4.34 Å². The predicted octanol–water partition coefficient (Wildman–Crippen LogP) is 4.08. The average molecular weight is 319 g/mol. The molecule has 0 aliphatic carbocycles. The molecule has 1 N–H and O–H groups in total. The lowest BCUT2D eigenvalue weighted by Crippen LogP contribution is -2.19. The Labute approximate surface area is 132 Å². The maximum atomic E-state index is 9.61. The van der Waals surface area contributed by atoms with E-state index in [-0.39, 0.29) is 6.61 Å². The van der Waals surface area contributed by atoms with Crippen molar-refractivity contribution in [3.05, 3.63) is 57.2 Å².